The number of fused-ring (bicyclic) bond motifs is 3. The summed E-state index contributed by atoms with van der Waals surface area (Å²) in [5, 5.41) is 5.24. The molecule has 1 saturated heterocycles. The number of aromatic nitrogens is 1. The van der Waals surface area contributed by atoms with Crippen LogP contribution in [0.25, 0.3) is 10.8 Å². The second-order valence-electron chi connectivity index (χ2n) is 12.6. The lowest BCUT2D eigenvalue weighted by Crippen LogP contribution is -2.33. The molecule has 0 bridgehead atoms. The number of halogens is 1. The van der Waals surface area contributed by atoms with Crippen molar-refractivity contribution >= 4 is 74.6 Å². The van der Waals surface area contributed by atoms with Crippen molar-refractivity contribution in [2.75, 3.05) is 10.2 Å². The Morgan fingerprint density at radius 1 is 0.870 bits per heavy atom. The maximum absolute atomic E-state index is 14.1. The van der Waals surface area contributed by atoms with E-state index in [-0.39, 0.29) is 34.6 Å². The third kappa shape index (κ3) is 5.36. The van der Waals surface area contributed by atoms with Gasteiger partial charge in [0, 0.05) is 21.5 Å². The number of carbonyl (C=O) groups excluding carboxylic acids is 3. The molecular weight excluding hydrogens is 638 g/mol. The summed E-state index contributed by atoms with van der Waals surface area (Å²) in [6.45, 7) is 6.17. The molecule has 232 valence electrons. The molecule has 2 aliphatic heterocycles. The molecule has 0 radical (unpaired) electrons. The van der Waals surface area contributed by atoms with Gasteiger partial charge in [-0.3, -0.25) is 23.7 Å². The number of carbonyl (C=O) groups is 3. The van der Waals surface area contributed by atoms with Crippen LogP contribution in [0.5, 0.6) is 0 Å². The van der Waals surface area contributed by atoms with E-state index in [2.05, 4.69) is 26.1 Å². The van der Waals surface area contributed by atoms with Gasteiger partial charge in [-0.2, -0.15) is 0 Å². The van der Waals surface area contributed by atoms with Crippen LogP contribution >= 0.6 is 34.7 Å². The lowest BCUT2D eigenvalue weighted by molar-refractivity contribution is -0.122. The van der Waals surface area contributed by atoms with Gasteiger partial charge in [-0.05, 0) is 63.7 Å². The molecule has 7 nitrogen and oxygen atoms in total. The fourth-order valence-electron chi connectivity index (χ4n) is 6.26. The summed E-state index contributed by atoms with van der Waals surface area (Å²) >= 11 is 8.34. The quantitative estimate of drug-likeness (QED) is 0.197. The fraction of sp³-hybridized carbons (Fsp3) is 0.222. The Morgan fingerprint density at radius 2 is 1.57 bits per heavy atom. The Kier molecular flexibility index (Phi) is 7.66. The maximum atomic E-state index is 14.1. The zero-order valence-corrected chi connectivity index (χ0v) is 27.7. The topological polar surface area (TPSA) is 88.5 Å². The molecule has 3 atom stereocenters. The van der Waals surface area contributed by atoms with Gasteiger partial charge in [-0.15, -0.1) is 0 Å². The SMILES string of the molecule is CC(C)(C)c1ccc([C@@H]2c3sc(=O)n(CC(=O)Nc4ccc5ccccc5c4)c3S[C@H]3C(=O)N(c4ccc(Cl)cc4)C(=O)[C@@H]23)cc1. The molecular formula is C36H30ClN3O4S2. The number of amides is 3. The van der Waals surface area contributed by atoms with Gasteiger partial charge in [0.05, 0.1) is 16.6 Å². The summed E-state index contributed by atoms with van der Waals surface area (Å²) < 4.78 is 1.44. The highest BCUT2D eigenvalue weighted by atomic mass is 35.5. The molecule has 3 amide bonds. The minimum atomic E-state index is -0.772. The second kappa shape index (κ2) is 11.6. The summed E-state index contributed by atoms with van der Waals surface area (Å²) in [5.74, 6) is -2.29. The van der Waals surface area contributed by atoms with Crippen LogP contribution in [0.4, 0.5) is 11.4 Å². The molecule has 0 saturated carbocycles. The predicted octanol–water partition coefficient (Wildman–Crippen LogP) is 7.45. The third-order valence-electron chi connectivity index (χ3n) is 8.60. The Labute approximate surface area is 279 Å². The largest absolute Gasteiger partial charge is 0.325 e. The van der Waals surface area contributed by atoms with E-state index < -0.39 is 17.1 Å². The Morgan fingerprint density at radius 3 is 2.26 bits per heavy atom. The molecule has 1 N–H and O–H groups in total. The highest BCUT2D eigenvalue weighted by Crippen LogP contribution is 2.54. The number of benzene rings is 4. The van der Waals surface area contributed by atoms with Crippen LogP contribution < -0.4 is 15.1 Å². The van der Waals surface area contributed by atoms with E-state index in [1.165, 1.54) is 21.2 Å². The van der Waals surface area contributed by atoms with Gasteiger partial charge in [0.15, 0.2) is 0 Å². The monoisotopic (exact) mass is 667 g/mol. The van der Waals surface area contributed by atoms with Crippen LogP contribution in [-0.4, -0.2) is 27.5 Å². The van der Waals surface area contributed by atoms with Gasteiger partial charge in [0.2, 0.25) is 17.7 Å². The van der Waals surface area contributed by atoms with Crippen molar-refractivity contribution in [2.24, 2.45) is 5.92 Å². The van der Waals surface area contributed by atoms with Gasteiger partial charge in [0.25, 0.3) is 0 Å². The van der Waals surface area contributed by atoms with E-state index in [1.807, 2.05) is 66.7 Å². The fourth-order valence-corrected chi connectivity index (χ4v) is 9.16. The van der Waals surface area contributed by atoms with Crippen LogP contribution in [0.15, 0.2) is 101 Å². The van der Waals surface area contributed by atoms with Crippen molar-refractivity contribution in [1.29, 1.82) is 0 Å². The second-order valence-corrected chi connectivity index (χ2v) is 15.2. The predicted molar refractivity (Wildman–Crippen MR) is 185 cm³/mol. The van der Waals surface area contributed by atoms with E-state index in [0.29, 0.717) is 26.3 Å². The van der Waals surface area contributed by atoms with Gasteiger partial charge >= 0.3 is 4.87 Å². The number of hydrogen-bond acceptors (Lipinski definition) is 6. The highest BCUT2D eigenvalue weighted by Gasteiger charge is 2.56. The molecule has 46 heavy (non-hydrogen) atoms. The molecule has 7 rings (SSSR count). The number of nitrogens with one attached hydrogen (secondary N) is 1. The molecule has 2 aliphatic rings. The molecule has 1 aromatic heterocycles. The number of imide groups is 1. The smallest absolute Gasteiger partial charge is 0.308 e. The molecule has 4 aromatic carbocycles. The van der Waals surface area contributed by atoms with E-state index in [1.54, 1.807) is 24.3 Å². The standard InChI is InChI=1S/C36H30ClN3O4S2/c1-36(2,3)23-11-8-21(9-12-23)28-29-30(33(43)40(32(29)42)26-16-13-24(37)14-17-26)45-34-31(28)46-35(44)39(34)19-27(41)38-25-15-10-20-6-4-5-7-22(20)18-25/h4-18,28-30H,19H2,1-3H3,(H,38,41)/t28-,29-,30+/m0/s1. The first-order valence-electron chi connectivity index (χ1n) is 14.9. The van der Waals surface area contributed by atoms with Crippen LogP contribution in [-0.2, 0) is 26.3 Å². The number of rotatable bonds is 5. The van der Waals surface area contributed by atoms with E-state index in [4.69, 9.17) is 11.6 Å². The Hall–Kier alpha value is -4.18. The number of thiazole rings is 1. The van der Waals surface area contributed by atoms with Crippen molar-refractivity contribution in [3.05, 3.63) is 122 Å². The molecule has 0 unspecified atom stereocenters. The molecule has 3 heterocycles. The number of thioether (sulfide) groups is 1. The van der Waals surface area contributed by atoms with Crippen LogP contribution in [0.1, 0.15) is 42.7 Å². The highest BCUT2D eigenvalue weighted by molar-refractivity contribution is 8.00. The first kappa shape index (κ1) is 30.5. The van der Waals surface area contributed by atoms with E-state index in [0.717, 1.165) is 33.2 Å². The molecule has 10 heteroatoms. The van der Waals surface area contributed by atoms with E-state index in [9.17, 15) is 19.2 Å². The summed E-state index contributed by atoms with van der Waals surface area (Å²) in [6.07, 6.45) is 0. The minimum Gasteiger partial charge on any atom is -0.325 e. The van der Waals surface area contributed by atoms with Crippen molar-refractivity contribution in [2.45, 2.75) is 48.9 Å². The average molecular weight is 668 g/mol. The molecule has 1 fully saturated rings. The van der Waals surface area contributed by atoms with Crippen molar-refractivity contribution in [1.82, 2.24) is 4.57 Å². The van der Waals surface area contributed by atoms with Gasteiger partial charge in [0.1, 0.15) is 11.8 Å². The Bertz CT molecular complexity index is 2080. The summed E-state index contributed by atoms with van der Waals surface area (Å²) in [5.41, 5.74) is 2.97. The number of anilines is 2. The normalized spacial score (nSPS) is 19.3. The molecule has 0 spiro atoms. The van der Waals surface area contributed by atoms with Gasteiger partial charge in [-0.1, -0.05) is 110 Å². The lowest BCUT2D eigenvalue weighted by atomic mass is 9.81. The zero-order chi connectivity index (χ0) is 32.3. The lowest BCUT2D eigenvalue weighted by Gasteiger charge is -2.31. The zero-order valence-electron chi connectivity index (χ0n) is 25.3. The minimum absolute atomic E-state index is 0.0777. The summed E-state index contributed by atoms with van der Waals surface area (Å²) in [7, 11) is 0. The first-order chi connectivity index (χ1) is 22.0. The van der Waals surface area contributed by atoms with Crippen molar-refractivity contribution in [3.63, 3.8) is 0 Å². The van der Waals surface area contributed by atoms with Crippen LogP contribution in [0, 0.1) is 5.92 Å². The molecule has 5 aromatic rings. The first-order valence-corrected chi connectivity index (χ1v) is 17.0. The average Bonchev–Trinajstić information content (AvgIpc) is 3.47. The third-order valence-corrected chi connectivity index (χ3v) is 11.5. The number of nitrogens with zero attached hydrogens (tertiary/aromatic N) is 2. The van der Waals surface area contributed by atoms with Crippen molar-refractivity contribution < 1.29 is 14.4 Å². The number of hydrogen-bond donors (Lipinski definition) is 1. The summed E-state index contributed by atoms with van der Waals surface area (Å²) in [6, 6.07) is 28.2. The summed E-state index contributed by atoms with van der Waals surface area (Å²) in [4.78, 5) is 56.6. The van der Waals surface area contributed by atoms with Crippen molar-refractivity contribution in [3.8, 4) is 0 Å². The van der Waals surface area contributed by atoms with Gasteiger partial charge in [-0.25, -0.2) is 4.90 Å². The van der Waals surface area contributed by atoms with Gasteiger partial charge < -0.3 is 5.32 Å². The van der Waals surface area contributed by atoms with E-state index >= 15 is 0 Å². The van der Waals surface area contributed by atoms with Crippen LogP contribution in [0.2, 0.25) is 5.02 Å². The van der Waals surface area contributed by atoms with Crippen LogP contribution in [0.3, 0.4) is 0 Å². The maximum Gasteiger partial charge on any atom is 0.308 e. The Balaban J connectivity index is 1.27. The molecule has 0 aliphatic carbocycles.